The van der Waals surface area contributed by atoms with Crippen LogP contribution in [0.15, 0.2) is 77.5 Å². The van der Waals surface area contributed by atoms with Crippen LogP contribution in [0.2, 0.25) is 0 Å². The first-order valence-electron chi connectivity index (χ1n) is 9.07. The van der Waals surface area contributed by atoms with Gasteiger partial charge >= 0.3 is 0 Å². The van der Waals surface area contributed by atoms with Gasteiger partial charge in [0.1, 0.15) is 5.01 Å². The molecule has 0 amide bonds. The maximum absolute atomic E-state index is 4.79. The first kappa shape index (κ1) is 18.2. The quantitative estimate of drug-likeness (QED) is 0.325. The lowest BCUT2D eigenvalue weighted by atomic mass is 10.1. The summed E-state index contributed by atoms with van der Waals surface area (Å²) in [6, 6.07) is 22.9. The fraction of sp³-hybridized carbons (Fsp3) is 0.0455. The van der Waals surface area contributed by atoms with Crippen LogP contribution in [0.5, 0.6) is 0 Å². The second kappa shape index (κ2) is 8.24. The number of thiazole rings is 1. The number of hydrogen-bond donors (Lipinski definition) is 1. The van der Waals surface area contributed by atoms with Crippen molar-refractivity contribution in [3.63, 3.8) is 0 Å². The fourth-order valence-electron chi connectivity index (χ4n) is 2.89. The molecule has 29 heavy (non-hydrogen) atoms. The van der Waals surface area contributed by atoms with Crippen molar-refractivity contribution in [2.75, 3.05) is 5.32 Å². The summed E-state index contributed by atoms with van der Waals surface area (Å²) in [4.78, 5) is 5.94. The summed E-state index contributed by atoms with van der Waals surface area (Å²) in [6.07, 6.45) is 0. The molecule has 0 radical (unpaired) electrons. The second-order valence-corrected chi connectivity index (χ2v) is 9.13. The zero-order chi connectivity index (χ0) is 19.5. The molecule has 142 valence electrons. The summed E-state index contributed by atoms with van der Waals surface area (Å²) in [5.41, 5.74) is 4.50. The van der Waals surface area contributed by atoms with E-state index in [-0.39, 0.29) is 0 Å². The van der Waals surface area contributed by atoms with Crippen molar-refractivity contribution >= 4 is 39.1 Å². The van der Waals surface area contributed by atoms with E-state index in [9.17, 15) is 0 Å². The third-order valence-electron chi connectivity index (χ3n) is 4.38. The van der Waals surface area contributed by atoms with E-state index in [1.165, 1.54) is 5.56 Å². The van der Waals surface area contributed by atoms with E-state index in [4.69, 9.17) is 4.98 Å². The van der Waals surface area contributed by atoms with Crippen molar-refractivity contribution < 1.29 is 0 Å². The zero-order valence-corrected chi connectivity index (χ0v) is 17.7. The Bertz CT molecular complexity index is 1190. The van der Waals surface area contributed by atoms with Crippen LogP contribution in [0.25, 0.3) is 31.7 Å². The smallest absolute Gasteiger partial charge is 0.206 e. The van der Waals surface area contributed by atoms with Crippen LogP contribution in [0.4, 0.5) is 5.13 Å². The predicted octanol–water partition coefficient (Wildman–Crippen LogP) is 6.67. The van der Waals surface area contributed by atoms with Crippen molar-refractivity contribution in [1.82, 2.24) is 15.2 Å². The first-order valence-corrected chi connectivity index (χ1v) is 11.6. The molecular weight excluding hydrogens is 416 g/mol. The predicted molar refractivity (Wildman–Crippen MR) is 124 cm³/mol. The van der Waals surface area contributed by atoms with Crippen LogP contribution < -0.4 is 5.32 Å². The van der Waals surface area contributed by atoms with Crippen LogP contribution in [0.1, 0.15) is 5.56 Å². The summed E-state index contributed by atoms with van der Waals surface area (Å²) < 4.78 is 0. The van der Waals surface area contributed by atoms with E-state index in [2.05, 4.69) is 68.7 Å². The topological polar surface area (TPSA) is 50.7 Å². The van der Waals surface area contributed by atoms with Gasteiger partial charge in [-0.25, -0.2) is 4.98 Å². The normalized spacial score (nSPS) is 10.9. The fourth-order valence-corrected chi connectivity index (χ4v) is 5.25. The Morgan fingerprint density at radius 1 is 0.759 bits per heavy atom. The molecule has 0 spiro atoms. The average molecular weight is 433 g/mol. The van der Waals surface area contributed by atoms with Crippen molar-refractivity contribution in [1.29, 1.82) is 0 Å². The molecule has 2 aromatic carbocycles. The van der Waals surface area contributed by atoms with Gasteiger partial charge in [0.15, 0.2) is 5.01 Å². The molecule has 0 aliphatic heterocycles. The molecule has 3 aromatic heterocycles. The highest BCUT2D eigenvalue weighted by molar-refractivity contribution is 7.22. The maximum atomic E-state index is 4.79. The number of nitrogens with zero attached hydrogens (tertiary/aromatic N) is 3. The molecule has 0 fully saturated rings. The Morgan fingerprint density at radius 2 is 1.62 bits per heavy atom. The van der Waals surface area contributed by atoms with E-state index >= 15 is 0 Å². The molecule has 0 saturated carbocycles. The maximum Gasteiger partial charge on any atom is 0.206 e. The van der Waals surface area contributed by atoms with Gasteiger partial charge in [0, 0.05) is 23.1 Å². The van der Waals surface area contributed by atoms with Gasteiger partial charge in [-0.3, -0.25) is 0 Å². The Labute approximate surface area is 180 Å². The van der Waals surface area contributed by atoms with Gasteiger partial charge in [-0.2, -0.15) is 0 Å². The van der Waals surface area contributed by atoms with Gasteiger partial charge in [0.05, 0.1) is 10.6 Å². The van der Waals surface area contributed by atoms with E-state index in [0.717, 1.165) is 36.8 Å². The number of rotatable bonds is 6. The van der Waals surface area contributed by atoms with Crippen LogP contribution >= 0.6 is 34.0 Å². The summed E-state index contributed by atoms with van der Waals surface area (Å²) in [5.74, 6) is 0. The molecule has 5 rings (SSSR count). The standard InChI is InChI=1S/C22H16N4S3/c1-2-5-16(6-3-1)18-14-28-20(24-18)17-10-8-15(9-11-17)13-23-22-26-25-21(29-22)19-7-4-12-27-19/h1-12,14H,13H2,(H,23,26). The van der Waals surface area contributed by atoms with E-state index in [1.54, 1.807) is 34.0 Å². The molecule has 4 nitrogen and oxygen atoms in total. The van der Waals surface area contributed by atoms with Crippen LogP contribution in [0.3, 0.4) is 0 Å². The minimum absolute atomic E-state index is 0.715. The van der Waals surface area contributed by atoms with Crippen LogP contribution in [-0.2, 0) is 6.54 Å². The molecule has 0 bridgehead atoms. The third kappa shape index (κ3) is 4.12. The van der Waals surface area contributed by atoms with Gasteiger partial charge in [-0.05, 0) is 17.0 Å². The number of hydrogen-bond acceptors (Lipinski definition) is 7. The molecule has 0 saturated heterocycles. The molecule has 1 N–H and O–H groups in total. The molecule has 7 heteroatoms. The largest absolute Gasteiger partial charge is 0.356 e. The monoisotopic (exact) mass is 432 g/mol. The highest BCUT2D eigenvalue weighted by Gasteiger charge is 2.08. The van der Waals surface area contributed by atoms with Gasteiger partial charge in [0.2, 0.25) is 5.13 Å². The van der Waals surface area contributed by atoms with Crippen molar-refractivity contribution in [2.45, 2.75) is 6.54 Å². The van der Waals surface area contributed by atoms with E-state index in [0.29, 0.717) is 6.54 Å². The van der Waals surface area contributed by atoms with Gasteiger partial charge in [-0.15, -0.1) is 32.9 Å². The number of benzene rings is 2. The molecule has 0 aliphatic carbocycles. The van der Waals surface area contributed by atoms with Gasteiger partial charge in [0.25, 0.3) is 0 Å². The van der Waals surface area contributed by atoms with Gasteiger partial charge < -0.3 is 5.32 Å². The molecule has 0 atom stereocenters. The zero-order valence-electron chi connectivity index (χ0n) is 15.3. The summed E-state index contributed by atoms with van der Waals surface area (Å²) >= 11 is 4.93. The van der Waals surface area contributed by atoms with Crippen LogP contribution in [0, 0.1) is 0 Å². The summed E-state index contributed by atoms with van der Waals surface area (Å²) in [7, 11) is 0. The minimum Gasteiger partial charge on any atom is -0.356 e. The van der Waals surface area contributed by atoms with E-state index < -0.39 is 0 Å². The van der Waals surface area contributed by atoms with Crippen molar-refractivity contribution in [3.8, 4) is 31.7 Å². The Morgan fingerprint density at radius 3 is 2.41 bits per heavy atom. The highest BCUT2D eigenvalue weighted by Crippen LogP contribution is 2.31. The van der Waals surface area contributed by atoms with Gasteiger partial charge in [-0.1, -0.05) is 72.0 Å². The Hall–Kier alpha value is -2.87. The molecule has 5 aromatic rings. The Balaban J connectivity index is 1.24. The van der Waals surface area contributed by atoms with Crippen molar-refractivity contribution in [2.24, 2.45) is 0 Å². The second-order valence-electron chi connectivity index (χ2n) is 6.34. The third-order valence-corrected chi connectivity index (χ3v) is 7.19. The van der Waals surface area contributed by atoms with Crippen molar-refractivity contribution in [3.05, 3.63) is 83.1 Å². The lowest BCUT2D eigenvalue weighted by molar-refractivity contribution is 1.05. The number of thiophene rings is 1. The highest BCUT2D eigenvalue weighted by atomic mass is 32.1. The molecule has 0 unspecified atom stereocenters. The molecule has 3 heterocycles. The van der Waals surface area contributed by atoms with Crippen LogP contribution in [-0.4, -0.2) is 15.2 Å². The number of aromatic nitrogens is 3. The lowest BCUT2D eigenvalue weighted by Gasteiger charge is -2.03. The molecule has 0 aliphatic rings. The van der Waals surface area contributed by atoms with E-state index in [1.807, 2.05) is 24.3 Å². The summed E-state index contributed by atoms with van der Waals surface area (Å²) in [5, 5.41) is 18.9. The molecular formula is C22H16N4S3. The first-order chi connectivity index (χ1) is 14.3. The SMILES string of the molecule is c1ccc(-c2csc(-c3ccc(CNc4nnc(-c5cccs5)s4)cc3)n2)cc1. The Kier molecular flexibility index (Phi) is 5.17. The average Bonchev–Trinajstić information content (AvgIpc) is 3.55. The number of nitrogens with one attached hydrogen (secondary N) is 1. The summed E-state index contributed by atoms with van der Waals surface area (Å²) in [6.45, 7) is 0.715. The number of anilines is 1. The minimum atomic E-state index is 0.715. The lowest BCUT2D eigenvalue weighted by Crippen LogP contribution is -1.98.